The maximum atomic E-state index is 6.06. The molecule has 0 aliphatic rings. The summed E-state index contributed by atoms with van der Waals surface area (Å²) in [5, 5.41) is 15.9. The van der Waals surface area contributed by atoms with Crippen LogP contribution in [0.3, 0.4) is 0 Å². The van der Waals surface area contributed by atoms with Crippen LogP contribution in [0.25, 0.3) is 21.7 Å². The van der Waals surface area contributed by atoms with Crippen LogP contribution >= 0.6 is 11.6 Å². The van der Waals surface area contributed by atoms with Crippen molar-refractivity contribution in [2.75, 3.05) is 11.9 Å². The molecule has 7 heteroatoms. The van der Waals surface area contributed by atoms with Gasteiger partial charge >= 0.3 is 0 Å². The molecule has 2 heterocycles. The average Bonchev–Trinajstić information content (AvgIpc) is 3.25. The van der Waals surface area contributed by atoms with Gasteiger partial charge in [-0.1, -0.05) is 47.1 Å². The highest BCUT2D eigenvalue weighted by Gasteiger charge is 2.05. The molecule has 3 aromatic carbocycles. The Morgan fingerprint density at radius 2 is 1.87 bits per heavy atom. The van der Waals surface area contributed by atoms with Crippen molar-refractivity contribution >= 4 is 39.0 Å². The van der Waals surface area contributed by atoms with Crippen molar-refractivity contribution in [1.29, 1.82) is 0 Å². The molecule has 0 atom stereocenters. The fourth-order valence-electron chi connectivity index (χ4n) is 3.51. The Morgan fingerprint density at radius 1 is 0.968 bits per heavy atom. The second-order valence-corrected chi connectivity index (χ2v) is 7.65. The molecule has 0 aliphatic carbocycles. The summed E-state index contributed by atoms with van der Waals surface area (Å²) in [5.74, 6) is 0.819. The summed E-state index contributed by atoms with van der Waals surface area (Å²) in [7, 11) is 0. The predicted octanol–water partition coefficient (Wildman–Crippen LogP) is 5.32. The van der Waals surface area contributed by atoms with Crippen molar-refractivity contribution in [3.05, 3.63) is 89.8 Å². The van der Waals surface area contributed by atoms with E-state index in [0.717, 1.165) is 33.4 Å². The van der Waals surface area contributed by atoms with Crippen molar-refractivity contribution in [2.24, 2.45) is 0 Å². The van der Waals surface area contributed by atoms with Gasteiger partial charge in [-0.05, 0) is 47.2 Å². The lowest BCUT2D eigenvalue weighted by atomic mass is 10.1. The molecule has 0 unspecified atom stereocenters. The van der Waals surface area contributed by atoms with Crippen LogP contribution in [0.15, 0.2) is 79.1 Å². The molecule has 0 amide bonds. The maximum Gasteiger partial charge on any atom is 0.134 e. The zero-order chi connectivity index (χ0) is 21.0. The average molecular weight is 430 g/mol. The number of nitrogens with zero attached hydrogens (tertiary/aromatic N) is 4. The predicted molar refractivity (Wildman–Crippen MR) is 124 cm³/mol. The number of pyridine rings is 1. The summed E-state index contributed by atoms with van der Waals surface area (Å²) in [5.41, 5.74) is 2.67. The lowest BCUT2D eigenvalue weighted by Crippen LogP contribution is -2.11. The molecule has 5 rings (SSSR count). The van der Waals surface area contributed by atoms with E-state index >= 15 is 0 Å². The minimum atomic E-state index is 0.377. The van der Waals surface area contributed by atoms with E-state index in [0.29, 0.717) is 24.7 Å². The van der Waals surface area contributed by atoms with Crippen LogP contribution in [-0.4, -0.2) is 26.5 Å². The second-order valence-electron chi connectivity index (χ2n) is 7.22. The first-order chi connectivity index (χ1) is 15.2. The number of nitrogens with one attached hydrogen (secondary N) is 1. The summed E-state index contributed by atoms with van der Waals surface area (Å²) >= 11 is 6.06. The minimum absolute atomic E-state index is 0.377. The number of anilines is 1. The third-order valence-corrected chi connectivity index (χ3v) is 5.29. The SMILES string of the molecule is Clc1ccc2c(NCCn3cc(COc4ccc5ccccc5c4)nn3)ccnc2c1. The largest absolute Gasteiger partial charge is 0.487 e. The van der Waals surface area contributed by atoms with Crippen LogP contribution in [0, 0.1) is 0 Å². The number of halogens is 1. The van der Waals surface area contributed by atoms with Gasteiger partial charge in [0.2, 0.25) is 0 Å². The first-order valence-electron chi connectivity index (χ1n) is 10.0. The van der Waals surface area contributed by atoms with E-state index < -0.39 is 0 Å². The number of benzene rings is 3. The van der Waals surface area contributed by atoms with Gasteiger partial charge in [0.25, 0.3) is 0 Å². The number of hydrogen-bond donors (Lipinski definition) is 1. The van der Waals surface area contributed by atoms with Crippen LogP contribution in [0.5, 0.6) is 5.75 Å². The van der Waals surface area contributed by atoms with E-state index in [9.17, 15) is 0 Å². The van der Waals surface area contributed by atoms with Gasteiger partial charge in [0.15, 0.2) is 0 Å². The van der Waals surface area contributed by atoms with Crippen molar-refractivity contribution in [1.82, 2.24) is 20.0 Å². The molecule has 0 radical (unpaired) electrons. The van der Waals surface area contributed by atoms with E-state index in [4.69, 9.17) is 16.3 Å². The first kappa shape index (κ1) is 19.3. The highest BCUT2D eigenvalue weighted by atomic mass is 35.5. The third kappa shape index (κ3) is 4.44. The van der Waals surface area contributed by atoms with Gasteiger partial charge in [-0.3, -0.25) is 9.67 Å². The van der Waals surface area contributed by atoms with Crippen molar-refractivity contribution in [3.63, 3.8) is 0 Å². The molecule has 6 nitrogen and oxygen atoms in total. The molecule has 0 aliphatic heterocycles. The van der Waals surface area contributed by atoms with Gasteiger partial charge in [0.1, 0.15) is 18.1 Å². The quantitative estimate of drug-likeness (QED) is 0.379. The Bertz CT molecular complexity index is 1350. The van der Waals surface area contributed by atoms with Crippen LogP contribution in [0.2, 0.25) is 5.02 Å². The molecule has 0 fully saturated rings. The van der Waals surface area contributed by atoms with E-state index in [2.05, 4.69) is 38.8 Å². The van der Waals surface area contributed by atoms with Crippen molar-refractivity contribution < 1.29 is 4.74 Å². The number of hydrogen-bond acceptors (Lipinski definition) is 5. The summed E-state index contributed by atoms with van der Waals surface area (Å²) in [4.78, 5) is 4.37. The Morgan fingerprint density at radius 3 is 2.81 bits per heavy atom. The lowest BCUT2D eigenvalue weighted by Gasteiger charge is -2.09. The van der Waals surface area contributed by atoms with Gasteiger partial charge in [-0.25, -0.2) is 0 Å². The Balaban J connectivity index is 1.17. The molecule has 0 saturated heterocycles. The third-order valence-electron chi connectivity index (χ3n) is 5.05. The van der Waals surface area contributed by atoms with Crippen LogP contribution in [-0.2, 0) is 13.2 Å². The minimum Gasteiger partial charge on any atom is -0.487 e. The Labute approximate surface area is 184 Å². The summed E-state index contributed by atoms with van der Waals surface area (Å²) in [6, 6.07) is 22.0. The van der Waals surface area contributed by atoms with Crippen LogP contribution < -0.4 is 10.1 Å². The zero-order valence-electron chi connectivity index (χ0n) is 16.7. The van der Waals surface area contributed by atoms with E-state index in [1.54, 1.807) is 6.20 Å². The molecule has 5 aromatic rings. The number of aromatic nitrogens is 4. The summed E-state index contributed by atoms with van der Waals surface area (Å²) in [6.45, 7) is 1.76. The molecule has 0 spiro atoms. The van der Waals surface area contributed by atoms with Gasteiger partial charge in [0.05, 0.1) is 18.3 Å². The lowest BCUT2D eigenvalue weighted by molar-refractivity contribution is 0.301. The molecule has 31 heavy (non-hydrogen) atoms. The van der Waals surface area contributed by atoms with E-state index in [1.807, 2.05) is 59.4 Å². The van der Waals surface area contributed by atoms with E-state index in [-0.39, 0.29) is 0 Å². The number of ether oxygens (including phenoxy) is 1. The highest BCUT2D eigenvalue weighted by Crippen LogP contribution is 2.24. The smallest absolute Gasteiger partial charge is 0.134 e. The van der Waals surface area contributed by atoms with Gasteiger partial charge in [-0.2, -0.15) is 0 Å². The van der Waals surface area contributed by atoms with Gasteiger partial charge in [0, 0.05) is 28.8 Å². The fraction of sp³-hybridized carbons (Fsp3) is 0.125. The Kier molecular flexibility index (Phi) is 5.37. The summed E-state index contributed by atoms with van der Waals surface area (Å²) in [6.07, 6.45) is 3.69. The molecule has 0 saturated carbocycles. The number of rotatable bonds is 7. The molecule has 0 bridgehead atoms. The van der Waals surface area contributed by atoms with Crippen molar-refractivity contribution in [2.45, 2.75) is 13.2 Å². The second kappa shape index (κ2) is 8.62. The summed E-state index contributed by atoms with van der Waals surface area (Å²) < 4.78 is 7.71. The molecule has 1 N–H and O–H groups in total. The van der Waals surface area contributed by atoms with Crippen LogP contribution in [0.4, 0.5) is 5.69 Å². The zero-order valence-corrected chi connectivity index (χ0v) is 17.5. The van der Waals surface area contributed by atoms with Gasteiger partial charge in [-0.15, -0.1) is 5.10 Å². The van der Waals surface area contributed by atoms with E-state index in [1.165, 1.54) is 5.39 Å². The standard InChI is InChI=1S/C24H20ClN5O/c25-19-6-8-22-23(9-10-26-24(22)14-19)27-11-12-30-15-20(28-29-30)16-31-21-7-5-17-3-1-2-4-18(17)13-21/h1-10,13-15H,11-12,16H2,(H,26,27). The Hall–Kier alpha value is -3.64. The van der Waals surface area contributed by atoms with Crippen molar-refractivity contribution in [3.8, 4) is 5.75 Å². The van der Waals surface area contributed by atoms with Crippen LogP contribution in [0.1, 0.15) is 5.69 Å². The highest BCUT2D eigenvalue weighted by molar-refractivity contribution is 6.31. The van der Waals surface area contributed by atoms with Gasteiger partial charge < -0.3 is 10.1 Å². The first-order valence-corrected chi connectivity index (χ1v) is 10.4. The normalized spacial score (nSPS) is 11.1. The molecule has 154 valence electrons. The maximum absolute atomic E-state index is 6.06. The topological polar surface area (TPSA) is 64.9 Å². The number of fused-ring (bicyclic) bond motifs is 2. The molecular weight excluding hydrogens is 410 g/mol. The molecule has 2 aromatic heterocycles. The fourth-order valence-corrected chi connectivity index (χ4v) is 3.68. The molecular formula is C24H20ClN5O. The monoisotopic (exact) mass is 429 g/mol.